The Morgan fingerprint density at radius 3 is 2.95 bits per heavy atom. The highest BCUT2D eigenvalue weighted by Gasteiger charge is 2.28. The highest BCUT2D eigenvalue weighted by atomic mass is 35.5. The van der Waals surface area contributed by atoms with Gasteiger partial charge in [-0.25, -0.2) is 4.98 Å². The highest BCUT2D eigenvalue weighted by Crippen LogP contribution is 2.17. The standard InChI is InChI=1S/C12H15ClN4O2/c1-17-5-2-8(6-10(17)18)12(19)16-7-9-11(13)15-4-3-14-9/h3-4,8H,2,5-7H2,1H3,(H,16,19). The second-order valence-corrected chi connectivity index (χ2v) is 4.87. The predicted molar refractivity (Wildman–Crippen MR) is 69.2 cm³/mol. The maximum Gasteiger partial charge on any atom is 0.224 e. The van der Waals surface area contributed by atoms with Crippen LogP contribution < -0.4 is 5.32 Å². The third-order valence-electron chi connectivity index (χ3n) is 3.18. The number of carbonyl (C=O) groups excluding carboxylic acids is 2. The molecule has 19 heavy (non-hydrogen) atoms. The number of aromatic nitrogens is 2. The van der Waals surface area contributed by atoms with Crippen LogP contribution in [0.2, 0.25) is 5.15 Å². The lowest BCUT2D eigenvalue weighted by Crippen LogP contribution is -2.41. The molecule has 102 valence electrons. The van der Waals surface area contributed by atoms with Crippen LogP contribution in [0.5, 0.6) is 0 Å². The van der Waals surface area contributed by atoms with E-state index in [0.29, 0.717) is 18.7 Å². The summed E-state index contributed by atoms with van der Waals surface area (Å²) in [5.41, 5.74) is 0.525. The molecule has 7 heteroatoms. The molecule has 2 heterocycles. The molecule has 0 bridgehead atoms. The molecule has 0 saturated carbocycles. The summed E-state index contributed by atoms with van der Waals surface area (Å²) in [5.74, 6) is -0.397. The third kappa shape index (κ3) is 3.41. The summed E-state index contributed by atoms with van der Waals surface area (Å²) in [5, 5.41) is 3.03. The SMILES string of the molecule is CN1CCC(C(=O)NCc2nccnc2Cl)CC1=O. The Hall–Kier alpha value is -1.69. The van der Waals surface area contributed by atoms with Crippen molar-refractivity contribution in [2.45, 2.75) is 19.4 Å². The number of nitrogens with one attached hydrogen (secondary N) is 1. The molecule has 1 atom stereocenters. The maximum atomic E-state index is 12.0. The average Bonchev–Trinajstić information content (AvgIpc) is 2.40. The first-order valence-electron chi connectivity index (χ1n) is 6.05. The number of amides is 2. The number of rotatable bonds is 3. The topological polar surface area (TPSA) is 75.2 Å². The highest BCUT2D eigenvalue weighted by molar-refractivity contribution is 6.29. The van der Waals surface area contributed by atoms with Crippen LogP contribution in [0, 0.1) is 5.92 Å². The lowest BCUT2D eigenvalue weighted by molar-refractivity contribution is -0.139. The Bertz CT molecular complexity index is 494. The number of nitrogens with zero attached hydrogens (tertiary/aromatic N) is 3. The number of hydrogen-bond acceptors (Lipinski definition) is 4. The van der Waals surface area contributed by atoms with Crippen molar-refractivity contribution in [3.05, 3.63) is 23.2 Å². The molecule has 0 aliphatic carbocycles. The third-order valence-corrected chi connectivity index (χ3v) is 3.50. The van der Waals surface area contributed by atoms with Gasteiger partial charge in [-0.1, -0.05) is 11.6 Å². The van der Waals surface area contributed by atoms with Gasteiger partial charge in [-0.05, 0) is 6.42 Å². The van der Waals surface area contributed by atoms with Gasteiger partial charge in [-0.2, -0.15) is 0 Å². The van der Waals surface area contributed by atoms with Crippen LogP contribution in [0.15, 0.2) is 12.4 Å². The van der Waals surface area contributed by atoms with Crippen LogP contribution in [0.25, 0.3) is 0 Å². The summed E-state index contributed by atoms with van der Waals surface area (Å²) in [6.07, 6.45) is 3.95. The summed E-state index contributed by atoms with van der Waals surface area (Å²) in [6, 6.07) is 0. The fourth-order valence-corrected chi connectivity index (χ4v) is 2.12. The van der Waals surface area contributed by atoms with Gasteiger partial charge in [0.1, 0.15) is 0 Å². The van der Waals surface area contributed by atoms with Gasteiger partial charge >= 0.3 is 0 Å². The molecule has 1 aromatic rings. The van der Waals surface area contributed by atoms with Gasteiger partial charge in [0.05, 0.1) is 12.2 Å². The summed E-state index contributed by atoms with van der Waals surface area (Å²) in [7, 11) is 1.75. The smallest absolute Gasteiger partial charge is 0.224 e. The van der Waals surface area contributed by atoms with Gasteiger partial charge in [0, 0.05) is 38.3 Å². The average molecular weight is 283 g/mol. The van der Waals surface area contributed by atoms with Crippen LogP contribution in [0.3, 0.4) is 0 Å². The van der Waals surface area contributed by atoms with Crippen molar-refractivity contribution in [1.82, 2.24) is 20.2 Å². The van der Waals surface area contributed by atoms with Crippen LogP contribution >= 0.6 is 11.6 Å². The molecule has 1 aliphatic heterocycles. The molecule has 1 N–H and O–H groups in total. The minimum Gasteiger partial charge on any atom is -0.350 e. The zero-order valence-corrected chi connectivity index (χ0v) is 11.4. The van der Waals surface area contributed by atoms with Crippen molar-refractivity contribution in [2.75, 3.05) is 13.6 Å². The predicted octanol–water partition coefficient (Wildman–Crippen LogP) is 0.615. The molecule has 2 rings (SSSR count). The fourth-order valence-electron chi connectivity index (χ4n) is 1.95. The first kappa shape index (κ1) is 13.7. The molecule has 1 aliphatic rings. The second-order valence-electron chi connectivity index (χ2n) is 4.52. The molecule has 0 aromatic carbocycles. The normalized spacial score (nSPS) is 19.4. The fraction of sp³-hybridized carbons (Fsp3) is 0.500. The molecule has 1 saturated heterocycles. The number of halogens is 1. The molecular weight excluding hydrogens is 268 g/mol. The summed E-state index contributed by atoms with van der Waals surface area (Å²) in [4.78, 5) is 33.1. The first-order chi connectivity index (χ1) is 9.08. The summed E-state index contributed by atoms with van der Waals surface area (Å²) < 4.78 is 0. The number of likely N-dealkylation sites (tertiary alicyclic amines) is 1. The Labute approximate surface area is 116 Å². The number of piperidine rings is 1. The zero-order chi connectivity index (χ0) is 13.8. The van der Waals surface area contributed by atoms with Crippen molar-refractivity contribution in [2.24, 2.45) is 5.92 Å². The van der Waals surface area contributed by atoms with E-state index in [9.17, 15) is 9.59 Å². The van der Waals surface area contributed by atoms with Gasteiger partial charge in [-0.15, -0.1) is 0 Å². The van der Waals surface area contributed by atoms with E-state index in [0.717, 1.165) is 0 Å². The van der Waals surface area contributed by atoms with Crippen molar-refractivity contribution >= 4 is 23.4 Å². The van der Waals surface area contributed by atoms with Crippen molar-refractivity contribution in [1.29, 1.82) is 0 Å². The van der Waals surface area contributed by atoms with E-state index in [1.54, 1.807) is 11.9 Å². The zero-order valence-electron chi connectivity index (χ0n) is 10.6. The summed E-state index contributed by atoms with van der Waals surface area (Å²) >= 11 is 5.85. The van der Waals surface area contributed by atoms with Gasteiger partial charge < -0.3 is 10.2 Å². The van der Waals surface area contributed by atoms with Crippen LogP contribution in [0.1, 0.15) is 18.5 Å². The van der Waals surface area contributed by atoms with E-state index >= 15 is 0 Å². The Kier molecular flexibility index (Phi) is 4.31. The number of carbonyl (C=O) groups is 2. The molecule has 0 spiro atoms. The molecular formula is C12H15ClN4O2. The number of hydrogen-bond donors (Lipinski definition) is 1. The van der Waals surface area contributed by atoms with E-state index in [1.165, 1.54) is 12.4 Å². The van der Waals surface area contributed by atoms with E-state index in [-0.39, 0.29) is 35.9 Å². The lowest BCUT2D eigenvalue weighted by Gasteiger charge is -2.27. The molecule has 2 amide bonds. The van der Waals surface area contributed by atoms with Crippen molar-refractivity contribution < 1.29 is 9.59 Å². The maximum absolute atomic E-state index is 12.0. The Balaban J connectivity index is 1.88. The van der Waals surface area contributed by atoms with Crippen LogP contribution in [-0.2, 0) is 16.1 Å². The summed E-state index contributed by atoms with van der Waals surface area (Å²) in [6.45, 7) is 0.842. The van der Waals surface area contributed by atoms with E-state index < -0.39 is 0 Å². The second kappa shape index (κ2) is 5.97. The largest absolute Gasteiger partial charge is 0.350 e. The van der Waals surface area contributed by atoms with Crippen LogP contribution in [-0.4, -0.2) is 40.3 Å². The van der Waals surface area contributed by atoms with Gasteiger partial charge in [0.15, 0.2) is 5.15 Å². The lowest BCUT2D eigenvalue weighted by atomic mass is 9.95. The minimum atomic E-state index is -0.265. The molecule has 0 radical (unpaired) electrons. The van der Waals surface area contributed by atoms with E-state index in [1.807, 2.05) is 0 Å². The van der Waals surface area contributed by atoms with Crippen LogP contribution in [0.4, 0.5) is 0 Å². The molecule has 1 fully saturated rings. The van der Waals surface area contributed by atoms with Gasteiger partial charge in [-0.3, -0.25) is 14.6 Å². The minimum absolute atomic E-state index is 0.00364. The van der Waals surface area contributed by atoms with Gasteiger partial charge in [0.25, 0.3) is 0 Å². The Morgan fingerprint density at radius 1 is 1.53 bits per heavy atom. The quantitative estimate of drug-likeness (QED) is 0.882. The monoisotopic (exact) mass is 282 g/mol. The molecule has 6 nitrogen and oxygen atoms in total. The first-order valence-corrected chi connectivity index (χ1v) is 6.43. The van der Waals surface area contributed by atoms with Crippen molar-refractivity contribution in [3.8, 4) is 0 Å². The molecule has 1 unspecified atom stereocenters. The van der Waals surface area contributed by atoms with E-state index in [2.05, 4.69) is 15.3 Å². The Morgan fingerprint density at radius 2 is 2.26 bits per heavy atom. The van der Waals surface area contributed by atoms with E-state index in [4.69, 9.17) is 11.6 Å². The van der Waals surface area contributed by atoms with Gasteiger partial charge in [0.2, 0.25) is 11.8 Å². The molecule has 1 aromatic heterocycles. The van der Waals surface area contributed by atoms with Crippen molar-refractivity contribution in [3.63, 3.8) is 0 Å².